The van der Waals surface area contributed by atoms with E-state index in [4.69, 9.17) is 9.47 Å². The van der Waals surface area contributed by atoms with Crippen molar-refractivity contribution in [1.82, 2.24) is 4.98 Å². The third-order valence-electron chi connectivity index (χ3n) is 3.02. The quantitative estimate of drug-likeness (QED) is 0.899. The van der Waals surface area contributed by atoms with E-state index < -0.39 is 0 Å². The Labute approximate surface area is 131 Å². The molecule has 0 radical (unpaired) electrons. The summed E-state index contributed by atoms with van der Waals surface area (Å²) in [5.41, 5.74) is 1.46. The molecule has 0 atom stereocenters. The second kappa shape index (κ2) is 8.87. The predicted molar refractivity (Wildman–Crippen MR) is 87.2 cm³/mol. The summed E-state index contributed by atoms with van der Waals surface area (Å²) in [6.45, 7) is 6.12. The number of nitrogens with zero attached hydrogens (tertiary/aromatic N) is 1. The maximum Gasteiger partial charge on any atom is 0.168 e. The summed E-state index contributed by atoms with van der Waals surface area (Å²) in [5, 5.41) is 2.98. The lowest BCUT2D eigenvalue weighted by molar-refractivity contribution is 0.391. The molecule has 120 valence electrons. The number of rotatable bonds is 5. The number of hydrogen-bond acceptors (Lipinski definition) is 4. The first-order chi connectivity index (χ1) is 10.7. The Kier molecular flexibility index (Phi) is 7.16. The Hall–Kier alpha value is -2.30. The van der Waals surface area contributed by atoms with Gasteiger partial charge in [0.1, 0.15) is 11.5 Å². The molecule has 4 nitrogen and oxygen atoms in total. The number of aromatic nitrogens is 1. The van der Waals surface area contributed by atoms with Crippen LogP contribution in [-0.4, -0.2) is 19.2 Å². The molecule has 0 spiro atoms. The van der Waals surface area contributed by atoms with Crippen molar-refractivity contribution >= 4 is 5.82 Å². The Morgan fingerprint density at radius 3 is 2.50 bits per heavy atom. The number of methoxy groups -OCH3 is 2. The molecule has 0 saturated heterocycles. The number of pyridine rings is 1. The number of ether oxygens (including phenoxy) is 2. The first-order valence-corrected chi connectivity index (χ1v) is 7.21. The monoisotopic (exact) mass is 306 g/mol. The van der Waals surface area contributed by atoms with Crippen LogP contribution in [0.15, 0.2) is 30.5 Å². The van der Waals surface area contributed by atoms with Crippen LogP contribution in [0.2, 0.25) is 0 Å². The van der Waals surface area contributed by atoms with Gasteiger partial charge in [-0.2, -0.15) is 0 Å². The minimum Gasteiger partial charge on any atom is -0.497 e. The molecule has 0 aliphatic heterocycles. The van der Waals surface area contributed by atoms with Gasteiger partial charge in [-0.15, -0.1) is 0 Å². The molecule has 2 aromatic rings. The summed E-state index contributed by atoms with van der Waals surface area (Å²) < 4.78 is 24.3. The van der Waals surface area contributed by atoms with E-state index in [9.17, 15) is 4.39 Å². The number of aryl methyl sites for hydroxylation is 1. The van der Waals surface area contributed by atoms with Crippen molar-refractivity contribution in [3.8, 4) is 11.5 Å². The fraction of sp³-hybridized carbons (Fsp3) is 0.353. The van der Waals surface area contributed by atoms with E-state index in [0.29, 0.717) is 23.6 Å². The highest BCUT2D eigenvalue weighted by atomic mass is 19.1. The zero-order valence-electron chi connectivity index (χ0n) is 13.7. The van der Waals surface area contributed by atoms with Crippen LogP contribution in [0.3, 0.4) is 0 Å². The lowest BCUT2D eigenvalue weighted by Crippen LogP contribution is -2.06. The van der Waals surface area contributed by atoms with E-state index in [1.165, 1.54) is 0 Å². The van der Waals surface area contributed by atoms with Crippen LogP contribution in [0.25, 0.3) is 0 Å². The molecule has 2 rings (SSSR count). The van der Waals surface area contributed by atoms with Crippen LogP contribution in [0.1, 0.15) is 25.0 Å². The summed E-state index contributed by atoms with van der Waals surface area (Å²) in [6, 6.07) is 7.13. The number of benzene rings is 1. The topological polar surface area (TPSA) is 43.4 Å². The average Bonchev–Trinajstić information content (AvgIpc) is 2.58. The van der Waals surface area contributed by atoms with E-state index in [1.807, 2.05) is 26.0 Å². The first-order valence-electron chi connectivity index (χ1n) is 7.21. The normalized spacial score (nSPS) is 9.55. The molecule has 0 aliphatic carbocycles. The zero-order valence-corrected chi connectivity index (χ0v) is 13.7. The highest BCUT2D eigenvalue weighted by Crippen LogP contribution is 2.25. The standard InChI is InChI=1S/C15H17FN2O2.C2H6/c1-10-6-7-17-15(14(10)16)18-9-11-4-5-12(19-2)8-13(11)20-3;1-2/h4-8H,9H2,1-3H3,(H,17,18);1-2H3. The summed E-state index contributed by atoms with van der Waals surface area (Å²) in [6.07, 6.45) is 1.58. The molecule has 5 heteroatoms. The van der Waals surface area contributed by atoms with Crippen molar-refractivity contribution in [3.63, 3.8) is 0 Å². The molecular formula is C17H23FN2O2. The van der Waals surface area contributed by atoms with Crippen LogP contribution < -0.4 is 14.8 Å². The fourth-order valence-corrected chi connectivity index (χ4v) is 1.84. The van der Waals surface area contributed by atoms with Gasteiger partial charge < -0.3 is 14.8 Å². The van der Waals surface area contributed by atoms with Crippen molar-refractivity contribution in [2.45, 2.75) is 27.3 Å². The van der Waals surface area contributed by atoms with E-state index in [1.54, 1.807) is 39.5 Å². The van der Waals surface area contributed by atoms with Gasteiger partial charge in [0.2, 0.25) is 0 Å². The minimum atomic E-state index is -0.333. The van der Waals surface area contributed by atoms with Gasteiger partial charge >= 0.3 is 0 Å². The lowest BCUT2D eigenvalue weighted by atomic mass is 10.2. The Bertz CT molecular complexity index is 603. The molecule has 22 heavy (non-hydrogen) atoms. The van der Waals surface area contributed by atoms with Gasteiger partial charge in [-0.3, -0.25) is 0 Å². The Morgan fingerprint density at radius 1 is 1.14 bits per heavy atom. The highest BCUT2D eigenvalue weighted by Gasteiger charge is 2.08. The molecule has 0 unspecified atom stereocenters. The third kappa shape index (κ3) is 4.35. The third-order valence-corrected chi connectivity index (χ3v) is 3.02. The van der Waals surface area contributed by atoms with Gasteiger partial charge in [-0.25, -0.2) is 9.37 Å². The molecular weight excluding hydrogens is 283 g/mol. The molecule has 0 saturated carbocycles. The van der Waals surface area contributed by atoms with Crippen LogP contribution >= 0.6 is 0 Å². The van der Waals surface area contributed by atoms with Crippen LogP contribution in [-0.2, 0) is 6.54 Å². The molecule has 1 N–H and O–H groups in total. The van der Waals surface area contributed by atoms with Crippen LogP contribution in [0, 0.1) is 12.7 Å². The van der Waals surface area contributed by atoms with Crippen molar-refractivity contribution in [3.05, 3.63) is 47.4 Å². The van der Waals surface area contributed by atoms with Crippen LogP contribution in [0.5, 0.6) is 11.5 Å². The number of anilines is 1. The van der Waals surface area contributed by atoms with E-state index in [-0.39, 0.29) is 11.6 Å². The number of nitrogens with one attached hydrogen (secondary N) is 1. The number of hydrogen-bond donors (Lipinski definition) is 1. The summed E-state index contributed by atoms with van der Waals surface area (Å²) in [7, 11) is 3.18. The van der Waals surface area contributed by atoms with E-state index >= 15 is 0 Å². The Balaban J connectivity index is 0.00000116. The number of halogens is 1. The van der Waals surface area contributed by atoms with Crippen molar-refractivity contribution in [2.75, 3.05) is 19.5 Å². The fourth-order valence-electron chi connectivity index (χ4n) is 1.84. The summed E-state index contributed by atoms with van der Waals surface area (Å²) in [5.74, 6) is 1.30. The highest BCUT2D eigenvalue weighted by molar-refractivity contribution is 5.45. The molecule has 0 fully saturated rings. The zero-order chi connectivity index (χ0) is 16.5. The van der Waals surface area contributed by atoms with E-state index in [2.05, 4.69) is 10.3 Å². The van der Waals surface area contributed by atoms with Gasteiger partial charge in [0, 0.05) is 24.4 Å². The van der Waals surface area contributed by atoms with Gasteiger partial charge in [0.15, 0.2) is 11.6 Å². The van der Waals surface area contributed by atoms with Crippen molar-refractivity contribution < 1.29 is 13.9 Å². The van der Waals surface area contributed by atoms with Gasteiger partial charge in [0.05, 0.1) is 14.2 Å². The van der Waals surface area contributed by atoms with Crippen molar-refractivity contribution in [1.29, 1.82) is 0 Å². The second-order valence-electron chi connectivity index (χ2n) is 4.32. The summed E-state index contributed by atoms with van der Waals surface area (Å²) >= 11 is 0. The van der Waals surface area contributed by atoms with Gasteiger partial charge in [-0.05, 0) is 30.7 Å². The Morgan fingerprint density at radius 2 is 1.86 bits per heavy atom. The minimum absolute atomic E-state index is 0.239. The van der Waals surface area contributed by atoms with Crippen LogP contribution in [0.4, 0.5) is 10.2 Å². The van der Waals surface area contributed by atoms with Crippen molar-refractivity contribution in [2.24, 2.45) is 0 Å². The molecule has 0 amide bonds. The molecule has 1 heterocycles. The SMILES string of the molecule is CC.COc1ccc(CNc2nccc(C)c2F)c(OC)c1. The lowest BCUT2D eigenvalue weighted by Gasteiger charge is -2.12. The molecule has 1 aromatic heterocycles. The first kappa shape index (κ1) is 17.8. The maximum atomic E-state index is 13.8. The van der Waals surface area contributed by atoms with Gasteiger partial charge in [0.25, 0.3) is 0 Å². The molecule has 1 aromatic carbocycles. The smallest absolute Gasteiger partial charge is 0.168 e. The molecule has 0 bridgehead atoms. The predicted octanol–water partition coefficient (Wildman–Crippen LogP) is 4.18. The summed E-state index contributed by atoms with van der Waals surface area (Å²) in [4.78, 5) is 3.99. The second-order valence-corrected chi connectivity index (χ2v) is 4.32. The van der Waals surface area contributed by atoms with Gasteiger partial charge in [-0.1, -0.05) is 13.8 Å². The average molecular weight is 306 g/mol. The molecule has 0 aliphatic rings. The maximum absolute atomic E-state index is 13.8. The van der Waals surface area contributed by atoms with E-state index in [0.717, 1.165) is 5.56 Å². The largest absolute Gasteiger partial charge is 0.497 e.